The fraction of sp³-hybridized carbons (Fsp3) is 0.261. The number of methoxy groups -OCH3 is 1. The molecule has 0 fully saturated rings. The first kappa shape index (κ1) is 17.7. The maximum atomic E-state index is 12.9. The van der Waals surface area contributed by atoms with Crippen molar-refractivity contribution in [1.82, 2.24) is 14.8 Å². The summed E-state index contributed by atoms with van der Waals surface area (Å²) in [5, 5.41) is 8.22. The van der Waals surface area contributed by atoms with E-state index in [0.717, 1.165) is 46.6 Å². The van der Waals surface area contributed by atoms with Crippen LogP contribution in [-0.2, 0) is 4.79 Å². The van der Waals surface area contributed by atoms with E-state index in [0.29, 0.717) is 18.2 Å². The minimum Gasteiger partial charge on any atom is -0.497 e. The van der Waals surface area contributed by atoms with Gasteiger partial charge in [0.25, 0.3) is 0 Å². The van der Waals surface area contributed by atoms with Gasteiger partial charge in [0, 0.05) is 23.3 Å². The highest BCUT2D eigenvalue weighted by atomic mass is 16.5. The van der Waals surface area contributed by atoms with Crippen molar-refractivity contribution < 1.29 is 9.53 Å². The predicted molar refractivity (Wildman–Crippen MR) is 111 cm³/mol. The SMILES string of the molecule is COc1ccc([C@@H]2C3=C(CCCC3=O)Nc3nc(-c4ccccc4C)nn32)cc1. The molecular weight excluding hydrogens is 364 g/mol. The number of hydrogen-bond donors (Lipinski definition) is 1. The zero-order valence-corrected chi connectivity index (χ0v) is 16.5. The number of carbonyl (C=O) groups is 1. The van der Waals surface area contributed by atoms with Crippen LogP contribution >= 0.6 is 0 Å². The first-order valence-corrected chi connectivity index (χ1v) is 9.85. The van der Waals surface area contributed by atoms with Crippen molar-refractivity contribution in [3.63, 3.8) is 0 Å². The lowest BCUT2D eigenvalue weighted by atomic mass is 9.85. The molecule has 0 amide bonds. The summed E-state index contributed by atoms with van der Waals surface area (Å²) in [4.78, 5) is 17.7. The van der Waals surface area contributed by atoms with Crippen LogP contribution in [0.15, 0.2) is 59.8 Å². The van der Waals surface area contributed by atoms with E-state index >= 15 is 0 Å². The number of benzene rings is 2. The minimum atomic E-state index is -0.287. The third-order valence-corrected chi connectivity index (χ3v) is 5.69. The smallest absolute Gasteiger partial charge is 0.226 e. The molecule has 6 nitrogen and oxygen atoms in total. The van der Waals surface area contributed by atoms with Crippen LogP contribution < -0.4 is 10.1 Å². The van der Waals surface area contributed by atoms with E-state index < -0.39 is 0 Å². The molecule has 1 N–H and O–H groups in total. The minimum absolute atomic E-state index is 0.179. The van der Waals surface area contributed by atoms with Crippen LogP contribution in [0.4, 0.5) is 5.95 Å². The highest BCUT2D eigenvalue weighted by Gasteiger charge is 2.36. The maximum absolute atomic E-state index is 12.9. The number of Topliss-reactive ketones (excluding diaryl/α,β-unsaturated/α-hetero) is 1. The number of aryl methyl sites for hydroxylation is 1. The topological polar surface area (TPSA) is 69.0 Å². The summed E-state index contributed by atoms with van der Waals surface area (Å²) in [5.41, 5.74) is 4.88. The standard InChI is InChI=1S/C23H22N4O2/c1-14-6-3-4-7-17(14)22-25-23-24-18-8-5-9-19(28)20(18)21(27(23)26-22)15-10-12-16(29-2)13-11-15/h3-4,6-7,10-13,21H,5,8-9H2,1-2H3,(H,24,25,26)/t21-/m1/s1. The lowest BCUT2D eigenvalue weighted by molar-refractivity contribution is -0.116. The fourth-order valence-corrected chi connectivity index (χ4v) is 4.19. The van der Waals surface area contributed by atoms with Gasteiger partial charge in [0.2, 0.25) is 5.95 Å². The van der Waals surface area contributed by atoms with Gasteiger partial charge >= 0.3 is 0 Å². The Labute approximate surface area is 169 Å². The summed E-state index contributed by atoms with van der Waals surface area (Å²) in [5.74, 6) is 2.30. The van der Waals surface area contributed by atoms with E-state index in [1.54, 1.807) is 7.11 Å². The number of ketones is 1. The van der Waals surface area contributed by atoms with Gasteiger partial charge in [0.15, 0.2) is 11.6 Å². The molecule has 0 radical (unpaired) electrons. The van der Waals surface area contributed by atoms with Crippen LogP contribution in [0.25, 0.3) is 11.4 Å². The predicted octanol–water partition coefficient (Wildman–Crippen LogP) is 4.28. The molecule has 0 spiro atoms. The van der Waals surface area contributed by atoms with Crippen molar-refractivity contribution in [2.24, 2.45) is 0 Å². The van der Waals surface area contributed by atoms with Crippen LogP contribution in [-0.4, -0.2) is 27.7 Å². The number of aromatic nitrogens is 3. The second-order valence-corrected chi connectivity index (χ2v) is 7.49. The Morgan fingerprint density at radius 1 is 1.10 bits per heavy atom. The third-order valence-electron chi connectivity index (χ3n) is 5.69. The van der Waals surface area contributed by atoms with Gasteiger partial charge in [0.05, 0.1) is 7.11 Å². The van der Waals surface area contributed by atoms with Crippen LogP contribution in [0.5, 0.6) is 5.75 Å². The van der Waals surface area contributed by atoms with Gasteiger partial charge in [-0.2, -0.15) is 4.98 Å². The lowest BCUT2D eigenvalue weighted by Gasteiger charge is -2.32. The third kappa shape index (κ3) is 2.92. The van der Waals surface area contributed by atoms with Crippen molar-refractivity contribution in [2.45, 2.75) is 32.2 Å². The summed E-state index contributed by atoms with van der Waals surface area (Å²) in [6.07, 6.45) is 2.28. The van der Waals surface area contributed by atoms with E-state index in [1.807, 2.05) is 47.1 Å². The maximum Gasteiger partial charge on any atom is 0.226 e. The summed E-state index contributed by atoms with van der Waals surface area (Å²) in [6.45, 7) is 2.05. The van der Waals surface area contributed by atoms with Gasteiger partial charge in [-0.3, -0.25) is 4.79 Å². The van der Waals surface area contributed by atoms with E-state index in [2.05, 4.69) is 18.3 Å². The van der Waals surface area contributed by atoms with E-state index in [-0.39, 0.29) is 11.8 Å². The molecule has 1 atom stereocenters. The Hall–Kier alpha value is -3.41. The lowest BCUT2D eigenvalue weighted by Crippen LogP contribution is -2.31. The number of hydrogen-bond acceptors (Lipinski definition) is 5. The number of carbonyl (C=O) groups excluding carboxylic acids is 1. The first-order valence-electron chi connectivity index (χ1n) is 9.85. The molecule has 5 rings (SSSR count). The first-order chi connectivity index (χ1) is 14.2. The van der Waals surface area contributed by atoms with Crippen molar-refractivity contribution in [3.8, 4) is 17.1 Å². The molecule has 29 heavy (non-hydrogen) atoms. The highest BCUT2D eigenvalue weighted by Crippen LogP contribution is 2.41. The Bertz CT molecular complexity index is 1130. The quantitative estimate of drug-likeness (QED) is 0.727. The van der Waals surface area contributed by atoms with E-state index in [1.165, 1.54) is 0 Å². The van der Waals surface area contributed by atoms with Crippen LogP contribution in [0.1, 0.15) is 36.4 Å². The van der Waals surface area contributed by atoms with Gasteiger partial charge in [0.1, 0.15) is 11.8 Å². The largest absolute Gasteiger partial charge is 0.497 e. The second kappa shape index (κ2) is 6.88. The Morgan fingerprint density at radius 3 is 2.66 bits per heavy atom. The zero-order valence-electron chi connectivity index (χ0n) is 16.5. The Morgan fingerprint density at radius 2 is 1.90 bits per heavy atom. The van der Waals surface area contributed by atoms with E-state index in [9.17, 15) is 4.79 Å². The molecule has 1 aliphatic heterocycles. The summed E-state index contributed by atoms with van der Waals surface area (Å²) in [6, 6.07) is 15.6. The fourth-order valence-electron chi connectivity index (χ4n) is 4.19. The Kier molecular flexibility index (Phi) is 4.19. The summed E-state index contributed by atoms with van der Waals surface area (Å²) < 4.78 is 7.16. The van der Waals surface area contributed by atoms with Gasteiger partial charge in [-0.1, -0.05) is 36.4 Å². The van der Waals surface area contributed by atoms with Gasteiger partial charge in [-0.05, 0) is 43.0 Å². The van der Waals surface area contributed by atoms with Crippen LogP contribution in [0.2, 0.25) is 0 Å². The molecule has 2 aliphatic rings. The number of rotatable bonds is 3. The van der Waals surface area contributed by atoms with Crippen molar-refractivity contribution in [3.05, 3.63) is 70.9 Å². The normalized spacial score (nSPS) is 18.1. The molecule has 2 heterocycles. The number of nitrogens with one attached hydrogen (secondary N) is 1. The van der Waals surface area contributed by atoms with Gasteiger partial charge < -0.3 is 10.1 Å². The molecular formula is C23H22N4O2. The second-order valence-electron chi connectivity index (χ2n) is 7.49. The molecule has 0 saturated carbocycles. The molecule has 0 unspecified atom stereocenters. The van der Waals surface area contributed by atoms with Crippen molar-refractivity contribution >= 4 is 11.7 Å². The number of fused-ring (bicyclic) bond motifs is 1. The van der Waals surface area contributed by atoms with E-state index in [4.69, 9.17) is 14.8 Å². The molecule has 146 valence electrons. The average Bonchev–Trinajstić information content (AvgIpc) is 3.16. The Balaban J connectivity index is 1.67. The molecule has 1 aliphatic carbocycles. The van der Waals surface area contributed by atoms with Crippen molar-refractivity contribution in [2.75, 3.05) is 12.4 Å². The molecule has 0 saturated heterocycles. The number of nitrogens with zero attached hydrogens (tertiary/aromatic N) is 3. The van der Waals surface area contributed by atoms with Gasteiger partial charge in [-0.25, -0.2) is 4.68 Å². The number of ether oxygens (including phenoxy) is 1. The molecule has 0 bridgehead atoms. The summed E-state index contributed by atoms with van der Waals surface area (Å²) in [7, 11) is 1.65. The monoisotopic (exact) mass is 386 g/mol. The van der Waals surface area contributed by atoms with Crippen LogP contribution in [0.3, 0.4) is 0 Å². The summed E-state index contributed by atoms with van der Waals surface area (Å²) >= 11 is 0. The van der Waals surface area contributed by atoms with Crippen molar-refractivity contribution in [1.29, 1.82) is 0 Å². The molecule has 2 aromatic carbocycles. The average molecular weight is 386 g/mol. The zero-order chi connectivity index (χ0) is 20.0. The highest BCUT2D eigenvalue weighted by molar-refractivity contribution is 5.99. The molecule has 1 aromatic heterocycles. The molecule has 6 heteroatoms. The number of allylic oxidation sites excluding steroid dienone is 2. The van der Waals surface area contributed by atoms with Gasteiger partial charge in [-0.15, -0.1) is 5.10 Å². The van der Waals surface area contributed by atoms with Crippen LogP contribution in [0, 0.1) is 6.92 Å². The molecule has 3 aromatic rings. The number of anilines is 1.